The molecule has 88 valence electrons. The molecule has 0 bridgehead atoms. The first-order valence-electron chi connectivity index (χ1n) is 4.08. The van der Waals surface area contributed by atoms with Gasteiger partial charge in [-0.25, -0.2) is 0 Å². The maximum absolute atomic E-state index is 5.22. The lowest BCUT2D eigenvalue weighted by atomic mass is 10.4. The van der Waals surface area contributed by atoms with E-state index in [2.05, 4.69) is 10.2 Å². The zero-order valence-corrected chi connectivity index (χ0v) is 7.05. The Morgan fingerprint density at radius 3 is 2.29 bits per heavy atom. The number of hydrogen-bond acceptors (Lipinski definition) is 3. The highest BCUT2D eigenvalue weighted by Crippen LogP contribution is 1.93. The fraction of sp³-hybridized carbons (Fsp3) is 0.818. The van der Waals surface area contributed by atoms with Crippen molar-refractivity contribution in [1.82, 2.24) is 10.2 Å². The minimum absolute atomic E-state index is 0. The van der Waals surface area contributed by atoms with Crippen LogP contribution in [-0.4, -0.2) is 37.9 Å². The summed E-state index contributed by atoms with van der Waals surface area (Å²) in [4.78, 5) is 2.34. The Morgan fingerprint density at radius 1 is 1.21 bits per heavy atom. The van der Waals surface area contributed by atoms with E-state index in [0.29, 0.717) is 0 Å². The highest BCUT2D eigenvalue weighted by molar-refractivity contribution is 4.74. The molecule has 0 aromatic rings. The van der Waals surface area contributed by atoms with Gasteiger partial charge in [-0.3, -0.25) is 4.90 Å². The van der Waals surface area contributed by atoms with Crippen molar-refractivity contribution in [3.8, 4) is 0 Å². The van der Waals surface area contributed by atoms with Crippen LogP contribution in [0.5, 0.6) is 0 Å². The maximum atomic E-state index is 5.22. The van der Waals surface area contributed by atoms with Crippen LogP contribution in [0.4, 0.5) is 0 Å². The summed E-state index contributed by atoms with van der Waals surface area (Å²) >= 11 is 0. The minimum atomic E-state index is 0. The Morgan fingerprint density at radius 2 is 1.79 bits per heavy atom. The van der Waals surface area contributed by atoms with E-state index in [0.717, 1.165) is 33.0 Å². The highest BCUT2D eigenvalue weighted by atomic mass is 16.5. The molecular weight excluding hydrogens is 176 g/mol. The lowest BCUT2D eigenvalue weighted by Gasteiger charge is -2.26. The topological polar surface area (TPSA) is 24.5 Å². The van der Waals surface area contributed by atoms with Crippen LogP contribution in [0.15, 0.2) is 12.3 Å². The molecule has 0 radical (unpaired) electrons. The van der Waals surface area contributed by atoms with Gasteiger partial charge in [0.05, 0.1) is 19.9 Å². The standard InChI is InChI=1S/C8H16N2O.3CH4/c1-2-3-9-8-10-4-6-11-7-5-10;;;/h2-3,9H,4-8H2,1H3;3*1H4. The normalized spacial score (nSPS) is 16.4. The quantitative estimate of drug-likeness (QED) is 0.763. The molecule has 1 aliphatic heterocycles. The third-order valence-electron chi connectivity index (χ3n) is 1.70. The summed E-state index contributed by atoms with van der Waals surface area (Å²) < 4.78 is 5.22. The lowest BCUT2D eigenvalue weighted by molar-refractivity contribution is 0.0359. The Bertz CT molecular complexity index is 120. The molecule has 0 spiro atoms. The van der Waals surface area contributed by atoms with Gasteiger partial charge < -0.3 is 10.1 Å². The molecule has 0 unspecified atom stereocenters. The van der Waals surface area contributed by atoms with Gasteiger partial charge >= 0.3 is 0 Å². The molecule has 1 saturated heterocycles. The molecule has 1 fully saturated rings. The van der Waals surface area contributed by atoms with Gasteiger partial charge in [0.25, 0.3) is 0 Å². The van der Waals surface area contributed by atoms with Crippen LogP contribution in [0, 0.1) is 0 Å². The molecular formula is C11H28N2O. The molecule has 0 saturated carbocycles. The van der Waals surface area contributed by atoms with Gasteiger partial charge in [0.2, 0.25) is 0 Å². The number of ether oxygens (including phenoxy) is 1. The SMILES string of the molecule is C.C.C.CC=CNCN1CCOCC1. The van der Waals surface area contributed by atoms with E-state index in [1.165, 1.54) is 0 Å². The number of allylic oxidation sites excluding steroid dienone is 1. The second-order valence-corrected chi connectivity index (χ2v) is 2.59. The number of rotatable bonds is 3. The number of hydrogen-bond donors (Lipinski definition) is 1. The number of nitrogens with one attached hydrogen (secondary N) is 1. The fourth-order valence-electron chi connectivity index (χ4n) is 1.06. The summed E-state index contributed by atoms with van der Waals surface area (Å²) in [6.07, 6.45) is 3.97. The van der Waals surface area contributed by atoms with Gasteiger partial charge in [-0.05, 0) is 13.1 Å². The van der Waals surface area contributed by atoms with Gasteiger partial charge in [-0.15, -0.1) is 0 Å². The number of nitrogens with zero attached hydrogens (tertiary/aromatic N) is 1. The molecule has 3 heteroatoms. The Hall–Kier alpha value is -0.540. The van der Waals surface area contributed by atoms with E-state index in [4.69, 9.17) is 4.74 Å². The van der Waals surface area contributed by atoms with Crippen LogP contribution in [0.2, 0.25) is 0 Å². The van der Waals surface area contributed by atoms with Crippen LogP contribution in [0.3, 0.4) is 0 Å². The molecule has 0 aliphatic carbocycles. The molecule has 1 aliphatic rings. The summed E-state index contributed by atoms with van der Waals surface area (Å²) in [7, 11) is 0. The van der Waals surface area contributed by atoms with Gasteiger partial charge in [0, 0.05) is 13.1 Å². The Labute approximate surface area is 90.1 Å². The summed E-state index contributed by atoms with van der Waals surface area (Å²) in [5, 5.41) is 3.19. The van der Waals surface area contributed by atoms with Crippen LogP contribution in [-0.2, 0) is 4.74 Å². The van der Waals surface area contributed by atoms with Gasteiger partial charge in [-0.2, -0.15) is 0 Å². The molecule has 14 heavy (non-hydrogen) atoms. The van der Waals surface area contributed by atoms with Crippen molar-refractivity contribution in [2.75, 3.05) is 33.0 Å². The monoisotopic (exact) mass is 204 g/mol. The van der Waals surface area contributed by atoms with E-state index in [9.17, 15) is 0 Å². The Balaban J connectivity index is -0.000000403. The van der Waals surface area contributed by atoms with E-state index < -0.39 is 0 Å². The second-order valence-electron chi connectivity index (χ2n) is 2.59. The summed E-state index contributed by atoms with van der Waals surface area (Å²) in [6.45, 7) is 6.78. The molecule has 1 heterocycles. The van der Waals surface area contributed by atoms with Crippen LogP contribution in [0.25, 0.3) is 0 Å². The third kappa shape index (κ3) is 8.08. The molecule has 0 aromatic carbocycles. The van der Waals surface area contributed by atoms with Gasteiger partial charge in [0.1, 0.15) is 0 Å². The van der Waals surface area contributed by atoms with Crippen molar-refractivity contribution in [3.63, 3.8) is 0 Å². The van der Waals surface area contributed by atoms with Crippen molar-refractivity contribution in [1.29, 1.82) is 0 Å². The van der Waals surface area contributed by atoms with Gasteiger partial charge in [-0.1, -0.05) is 28.4 Å². The predicted molar refractivity (Wildman–Crippen MR) is 65.4 cm³/mol. The fourth-order valence-corrected chi connectivity index (χ4v) is 1.06. The zero-order valence-electron chi connectivity index (χ0n) is 7.05. The van der Waals surface area contributed by atoms with E-state index >= 15 is 0 Å². The molecule has 0 atom stereocenters. The maximum Gasteiger partial charge on any atom is 0.0674 e. The first-order chi connectivity index (χ1) is 5.43. The summed E-state index contributed by atoms with van der Waals surface area (Å²) in [6, 6.07) is 0. The molecule has 3 nitrogen and oxygen atoms in total. The molecule has 0 aromatic heterocycles. The average molecular weight is 204 g/mol. The molecule has 1 rings (SSSR count). The van der Waals surface area contributed by atoms with Crippen molar-refractivity contribution in [3.05, 3.63) is 12.3 Å². The second kappa shape index (κ2) is 12.5. The summed E-state index contributed by atoms with van der Waals surface area (Å²) in [5.74, 6) is 0. The molecule has 0 amide bonds. The van der Waals surface area contributed by atoms with E-state index in [1.54, 1.807) is 0 Å². The smallest absolute Gasteiger partial charge is 0.0674 e. The Kier molecular flexibility index (Phi) is 17.0. The van der Waals surface area contributed by atoms with Crippen LogP contribution in [0.1, 0.15) is 29.2 Å². The van der Waals surface area contributed by atoms with Crippen molar-refractivity contribution in [2.45, 2.75) is 29.2 Å². The third-order valence-corrected chi connectivity index (χ3v) is 1.70. The summed E-state index contributed by atoms with van der Waals surface area (Å²) in [5.41, 5.74) is 0. The minimum Gasteiger partial charge on any atom is -0.379 e. The van der Waals surface area contributed by atoms with Crippen molar-refractivity contribution in [2.24, 2.45) is 0 Å². The van der Waals surface area contributed by atoms with E-state index in [1.807, 2.05) is 19.2 Å². The van der Waals surface area contributed by atoms with Crippen LogP contribution >= 0.6 is 0 Å². The zero-order chi connectivity index (χ0) is 7.94. The lowest BCUT2D eigenvalue weighted by Crippen LogP contribution is -2.40. The first-order valence-corrected chi connectivity index (χ1v) is 4.08. The largest absolute Gasteiger partial charge is 0.379 e. The highest BCUT2D eigenvalue weighted by Gasteiger charge is 2.07. The first kappa shape index (κ1) is 19.1. The van der Waals surface area contributed by atoms with Crippen LogP contribution < -0.4 is 5.32 Å². The van der Waals surface area contributed by atoms with Crippen molar-refractivity contribution < 1.29 is 4.74 Å². The van der Waals surface area contributed by atoms with E-state index in [-0.39, 0.29) is 22.3 Å². The average Bonchev–Trinajstić information content (AvgIpc) is 2.07. The number of morpholine rings is 1. The van der Waals surface area contributed by atoms with Crippen molar-refractivity contribution >= 4 is 0 Å². The van der Waals surface area contributed by atoms with Gasteiger partial charge in [0.15, 0.2) is 0 Å². The predicted octanol–water partition coefficient (Wildman–Crippen LogP) is 2.31. The molecule has 1 N–H and O–H groups in total.